The smallest absolute Gasteiger partial charge is 0.197 e. The molecule has 4 N–H and O–H groups in total. The summed E-state index contributed by atoms with van der Waals surface area (Å²) < 4.78 is 18.1. The molecule has 3 rings (SSSR count). The fourth-order valence-electron chi connectivity index (χ4n) is 2.89. The van der Waals surface area contributed by atoms with Crippen LogP contribution in [0.4, 0.5) is 10.1 Å². The Morgan fingerprint density at radius 1 is 1.30 bits per heavy atom. The highest BCUT2D eigenvalue weighted by molar-refractivity contribution is 8.00. The van der Waals surface area contributed by atoms with Gasteiger partial charge in [-0.2, -0.15) is 5.26 Å². The molecule has 1 aromatic rings. The molecule has 0 atom stereocenters. The number of hydrogen-bond donors (Lipinski definition) is 4. The van der Waals surface area contributed by atoms with Crippen LogP contribution in [0.15, 0.2) is 77.3 Å². The number of halogens is 1. The molecule has 0 unspecified atom stereocenters. The second-order valence-electron chi connectivity index (χ2n) is 6.63. The minimum Gasteiger partial charge on any atom is -0.387 e. The third-order valence-electron chi connectivity index (χ3n) is 4.44. The van der Waals surface area contributed by atoms with Gasteiger partial charge in [0.05, 0.1) is 23.5 Å². The predicted octanol–water partition coefficient (Wildman–Crippen LogP) is 3.50. The number of rotatable bonds is 6. The molecule has 0 amide bonds. The summed E-state index contributed by atoms with van der Waals surface area (Å²) in [7, 11) is 0. The number of anilines is 1. The van der Waals surface area contributed by atoms with Gasteiger partial charge < -0.3 is 20.7 Å². The maximum Gasteiger partial charge on any atom is 0.197 e. The molecule has 0 saturated carbocycles. The van der Waals surface area contributed by atoms with Gasteiger partial charge in [-0.25, -0.2) is 4.39 Å². The average molecular weight is 424 g/mol. The molecule has 30 heavy (non-hydrogen) atoms. The van der Waals surface area contributed by atoms with Gasteiger partial charge in [0.25, 0.3) is 0 Å². The number of nitrogens with zero attached hydrogens (tertiary/aromatic N) is 1. The van der Waals surface area contributed by atoms with E-state index in [9.17, 15) is 10.1 Å². The van der Waals surface area contributed by atoms with Crippen molar-refractivity contribution in [1.29, 1.82) is 5.26 Å². The van der Waals surface area contributed by atoms with E-state index in [1.165, 1.54) is 23.6 Å². The third-order valence-corrected chi connectivity index (χ3v) is 5.32. The lowest BCUT2D eigenvalue weighted by Crippen LogP contribution is -2.22. The van der Waals surface area contributed by atoms with Crippen LogP contribution in [0.25, 0.3) is 0 Å². The fourth-order valence-corrected chi connectivity index (χ4v) is 3.66. The van der Waals surface area contributed by atoms with E-state index in [0.717, 1.165) is 6.54 Å². The molecule has 0 radical (unpaired) electrons. The van der Waals surface area contributed by atoms with Crippen molar-refractivity contribution < 1.29 is 9.18 Å². The highest BCUT2D eigenvalue weighted by Gasteiger charge is 2.20. The molecule has 154 valence electrons. The zero-order valence-corrected chi connectivity index (χ0v) is 17.3. The van der Waals surface area contributed by atoms with E-state index in [0.29, 0.717) is 29.1 Å². The Bertz CT molecular complexity index is 1020. The van der Waals surface area contributed by atoms with Gasteiger partial charge >= 0.3 is 0 Å². The highest BCUT2D eigenvalue weighted by atomic mass is 32.2. The summed E-state index contributed by atoms with van der Waals surface area (Å²) in [6.07, 6.45) is 10.5. The van der Waals surface area contributed by atoms with E-state index in [4.69, 9.17) is 0 Å². The number of carbonyl (C=O) groups excluding carboxylic acids is 1. The molecule has 2 aliphatic rings. The summed E-state index contributed by atoms with van der Waals surface area (Å²) in [6, 6.07) is 6.77. The Balaban J connectivity index is 1.78. The number of Topliss-reactive ketones (excluding diaryl/α,β-unsaturated/α-hetero) is 1. The van der Waals surface area contributed by atoms with Gasteiger partial charge in [-0.05, 0) is 60.5 Å². The molecule has 0 aliphatic carbocycles. The lowest BCUT2D eigenvalue weighted by atomic mass is 9.96. The summed E-state index contributed by atoms with van der Waals surface area (Å²) in [5.41, 5.74) is 2.65. The normalized spacial score (nSPS) is 21.1. The minimum atomic E-state index is -0.603. The van der Waals surface area contributed by atoms with Crippen molar-refractivity contribution in [2.24, 2.45) is 0 Å². The zero-order valence-electron chi connectivity index (χ0n) is 16.5. The first kappa shape index (κ1) is 21.3. The van der Waals surface area contributed by atoms with E-state index >= 15 is 4.39 Å². The Hall–Kier alpha value is -3.44. The number of hydrogen-bond acceptors (Lipinski definition) is 7. The van der Waals surface area contributed by atoms with Gasteiger partial charge in [0.1, 0.15) is 6.07 Å². The number of ketones is 1. The molecule has 0 spiro atoms. The average Bonchev–Trinajstić information content (AvgIpc) is 2.85. The molecular formula is C22H22FN5OS. The zero-order chi connectivity index (χ0) is 21.3. The Kier molecular flexibility index (Phi) is 7.35. The molecular weight excluding hydrogens is 401 g/mol. The highest BCUT2D eigenvalue weighted by Crippen LogP contribution is 2.26. The monoisotopic (exact) mass is 423 g/mol. The molecule has 1 aromatic carbocycles. The van der Waals surface area contributed by atoms with Crippen LogP contribution < -0.4 is 20.7 Å². The van der Waals surface area contributed by atoms with E-state index in [1.807, 2.05) is 18.4 Å². The topological polar surface area (TPSA) is 89.0 Å². The van der Waals surface area contributed by atoms with Gasteiger partial charge in [0.2, 0.25) is 0 Å². The SMILES string of the molecule is CC1=C\C(C#N)=C/NCN/C=C\1C(=O)c1cccc(NSCC2=CC=CNC2)c1F. The van der Waals surface area contributed by atoms with Crippen LogP contribution in [0.5, 0.6) is 0 Å². The molecule has 0 bridgehead atoms. The largest absolute Gasteiger partial charge is 0.387 e. The Morgan fingerprint density at radius 3 is 2.90 bits per heavy atom. The Morgan fingerprint density at radius 2 is 2.13 bits per heavy atom. The van der Waals surface area contributed by atoms with Gasteiger partial charge in [0, 0.05) is 30.3 Å². The van der Waals surface area contributed by atoms with Gasteiger partial charge in [0.15, 0.2) is 11.6 Å². The van der Waals surface area contributed by atoms with Gasteiger partial charge in [-0.3, -0.25) is 4.79 Å². The summed E-state index contributed by atoms with van der Waals surface area (Å²) in [5, 5.41) is 18.2. The number of nitriles is 1. The van der Waals surface area contributed by atoms with Crippen molar-refractivity contribution in [3.63, 3.8) is 0 Å². The summed E-state index contributed by atoms with van der Waals surface area (Å²) in [6.45, 7) is 2.81. The van der Waals surface area contributed by atoms with E-state index in [-0.39, 0.29) is 11.3 Å². The number of dihydropyridines is 1. The summed E-state index contributed by atoms with van der Waals surface area (Å²) in [5.74, 6) is -0.374. The number of nitrogens with one attached hydrogen (secondary N) is 4. The van der Waals surface area contributed by atoms with Crippen molar-refractivity contribution in [2.45, 2.75) is 6.92 Å². The van der Waals surface area contributed by atoms with Crippen molar-refractivity contribution in [1.82, 2.24) is 16.0 Å². The van der Waals surface area contributed by atoms with Gasteiger partial charge in [-0.1, -0.05) is 12.1 Å². The molecule has 0 saturated heterocycles. The molecule has 8 heteroatoms. The van der Waals surface area contributed by atoms with E-state index in [1.54, 1.807) is 37.5 Å². The molecule has 0 fully saturated rings. The minimum absolute atomic E-state index is 0.0300. The fraction of sp³-hybridized carbons (Fsp3) is 0.182. The molecule has 2 heterocycles. The van der Waals surface area contributed by atoms with Crippen LogP contribution in [-0.2, 0) is 0 Å². The summed E-state index contributed by atoms with van der Waals surface area (Å²) >= 11 is 1.36. The first-order valence-electron chi connectivity index (χ1n) is 9.35. The van der Waals surface area contributed by atoms with Crippen LogP contribution in [0.3, 0.4) is 0 Å². The molecule has 2 aliphatic heterocycles. The van der Waals surface area contributed by atoms with Crippen LogP contribution in [0, 0.1) is 17.1 Å². The van der Waals surface area contributed by atoms with Crippen molar-refractivity contribution in [3.05, 3.63) is 88.7 Å². The number of benzene rings is 1. The first-order chi connectivity index (χ1) is 14.6. The third kappa shape index (κ3) is 5.33. The van der Waals surface area contributed by atoms with Crippen molar-refractivity contribution in [2.75, 3.05) is 23.7 Å². The van der Waals surface area contributed by atoms with E-state index in [2.05, 4.69) is 26.7 Å². The number of carbonyl (C=O) groups is 1. The quantitative estimate of drug-likeness (QED) is 0.411. The maximum atomic E-state index is 15.1. The van der Waals surface area contributed by atoms with Crippen LogP contribution in [-0.4, -0.2) is 24.7 Å². The molecule has 6 nitrogen and oxygen atoms in total. The standard InChI is InChI=1S/C22H22FN5OS/c1-15-8-17(9-24)11-26-14-27-12-19(15)22(29)18-5-2-6-20(21(18)23)28-30-13-16-4-3-7-25-10-16/h2-8,11-12,25-28H,10,13-14H2,1H3/b15-8+,17-11+,19-12+. The summed E-state index contributed by atoms with van der Waals surface area (Å²) in [4.78, 5) is 13.1. The molecule has 0 aromatic heterocycles. The lowest BCUT2D eigenvalue weighted by molar-refractivity contribution is 0.103. The van der Waals surface area contributed by atoms with Crippen LogP contribution in [0.1, 0.15) is 17.3 Å². The van der Waals surface area contributed by atoms with Crippen LogP contribution in [0.2, 0.25) is 0 Å². The second-order valence-corrected chi connectivity index (χ2v) is 7.42. The van der Waals surface area contributed by atoms with Crippen molar-refractivity contribution >= 4 is 23.4 Å². The van der Waals surface area contributed by atoms with Gasteiger partial charge in [-0.15, -0.1) is 0 Å². The first-order valence-corrected chi connectivity index (χ1v) is 10.3. The number of allylic oxidation sites excluding steroid dienone is 6. The predicted molar refractivity (Wildman–Crippen MR) is 119 cm³/mol. The van der Waals surface area contributed by atoms with E-state index < -0.39 is 11.6 Å². The second kappa shape index (κ2) is 10.4. The lowest BCUT2D eigenvalue weighted by Gasteiger charge is -2.13. The Labute approximate surface area is 179 Å². The van der Waals surface area contributed by atoms with Crippen molar-refractivity contribution in [3.8, 4) is 6.07 Å². The maximum absolute atomic E-state index is 15.1. The van der Waals surface area contributed by atoms with Crippen LogP contribution >= 0.6 is 11.9 Å².